The number of hydrogen-bond donors (Lipinski definition) is 2. The summed E-state index contributed by atoms with van der Waals surface area (Å²) in [5.41, 5.74) is 4.41. The van der Waals surface area contributed by atoms with Crippen molar-refractivity contribution in [3.63, 3.8) is 0 Å². The highest BCUT2D eigenvalue weighted by atomic mass is 16.3. The van der Waals surface area contributed by atoms with Gasteiger partial charge in [0.2, 0.25) is 5.91 Å². The lowest BCUT2D eigenvalue weighted by atomic mass is 10.0. The minimum Gasteiger partial charge on any atom is -0.385 e. The molecule has 1 amide bonds. The molecule has 154 valence electrons. The van der Waals surface area contributed by atoms with E-state index in [0.717, 1.165) is 31.5 Å². The van der Waals surface area contributed by atoms with Gasteiger partial charge in [-0.1, -0.05) is 24.3 Å². The van der Waals surface area contributed by atoms with E-state index in [1.54, 1.807) is 6.20 Å². The lowest BCUT2D eigenvalue weighted by Gasteiger charge is -2.28. The second-order valence-corrected chi connectivity index (χ2v) is 8.63. The van der Waals surface area contributed by atoms with Gasteiger partial charge < -0.3 is 15.3 Å². The molecule has 1 aliphatic heterocycles. The summed E-state index contributed by atoms with van der Waals surface area (Å²) in [7, 11) is 0. The molecule has 1 aromatic heterocycles. The Bertz CT molecular complexity index is 823. The van der Waals surface area contributed by atoms with Crippen LogP contribution in [0.15, 0.2) is 42.6 Å². The number of benzene rings is 1. The highest BCUT2D eigenvalue weighted by Crippen LogP contribution is 2.28. The maximum atomic E-state index is 12.9. The van der Waals surface area contributed by atoms with Crippen LogP contribution in [0.2, 0.25) is 0 Å². The smallest absolute Gasteiger partial charge is 0.220 e. The number of carbonyl (C=O) groups is 1. The Labute approximate surface area is 173 Å². The molecule has 4 rings (SSSR count). The molecule has 1 fully saturated rings. The summed E-state index contributed by atoms with van der Waals surface area (Å²) >= 11 is 0. The predicted octanol–water partition coefficient (Wildman–Crippen LogP) is 2.81. The minimum atomic E-state index is -0.805. The van der Waals surface area contributed by atoms with E-state index in [-0.39, 0.29) is 11.9 Å². The summed E-state index contributed by atoms with van der Waals surface area (Å²) in [5.74, 6) is 0.368. The quantitative estimate of drug-likeness (QED) is 0.759. The van der Waals surface area contributed by atoms with Crippen LogP contribution in [0.4, 0.5) is 0 Å². The van der Waals surface area contributed by atoms with Crippen molar-refractivity contribution in [3.05, 3.63) is 65.0 Å². The van der Waals surface area contributed by atoms with Gasteiger partial charge in [-0.3, -0.25) is 9.78 Å². The Kier molecular flexibility index (Phi) is 6.26. The van der Waals surface area contributed by atoms with Crippen molar-refractivity contribution in [2.45, 2.75) is 51.2 Å². The maximum absolute atomic E-state index is 12.9. The lowest BCUT2D eigenvalue weighted by Crippen LogP contribution is -2.47. The fraction of sp³-hybridized carbons (Fsp3) is 0.500. The number of aliphatic hydroxyl groups excluding tert-OH is 1. The Morgan fingerprint density at radius 3 is 2.55 bits per heavy atom. The van der Waals surface area contributed by atoms with Crippen molar-refractivity contribution in [3.8, 4) is 0 Å². The molecule has 2 atom stereocenters. The second kappa shape index (κ2) is 9.06. The molecule has 1 aliphatic carbocycles. The van der Waals surface area contributed by atoms with Crippen LogP contribution in [-0.2, 0) is 17.6 Å². The normalized spacial score (nSPS) is 19.1. The van der Waals surface area contributed by atoms with Gasteiger partial charge in [-0.05, 0) is 80.4 Å². The van der Waals surface area contributed by atoms with E-state index >= 15 is 0 Å². The number of fused-ring (bicyclic) bond motifs is 1. The standard InChI is InChI=1S/C24H31N3O2/c1-17-8-9-25-21(12-17)24(29)22(16-27-10-4-5-11-27)26-23(28)15-18-13-19-6-2-3-7-20(19)14-18/h2-3,6-9,12,18,22,24,29H,4-5,10-11,13-16H2,1H3,(H,26,28)/t22-,24-/m1/s1. The first-order chi connectivity index (χ1) is 14.1. The van der Waals surface area contributed by atoms with E-state index in [4.69, 9.17) is 0 Å². The Hall–Kier alpha value is -2.24. The third kappa shape index (κ3) is 5.03. The zero-order valence-corrected chi connectivity index (χ0v) is 17.2. The van der Waals surface area contributed by atoms with Crippen LogP contribution in [0.3, 0.4) is 0 Å². The van der Waals surface area contributed by atoms with Crippen molar-refractivity contribution < 1.29 is 9.90 Å². The molecule has 2 aromatic rings. The minimum absolute atomic E-state index is 0.0266. The number of aliphatic hydroxyl groups is 1. The average molecular weight is 394 g/mol. The zero-order valence-electron chi connectivity index (χ0n) is 17.2. The molecular formula is C24H31N3O2. The summed E-state index contributed by atoms with van der Waals surface area (Å²) in [6, 6.07) is 11.9. The first-order valence-electron chi connectivity index (χ1n) is 10.8. The van der Waals surface area contributed by atoms with Gasteiger partial charge in [0.1, 0.15) is 6.10 Å². The number of likely N-dealkylation sites (tertiary alicyclic amines) is 1. The molecule has 1 aromatic carbocycles. The summed E-state index contributed by atoms with van der Waals surface area (Å²) in [6.45, 7) is 4.70. The largest absolute Gasteiger partial charge is 0.385 e. The van der Waals surface area contributed by atoms with Crippen molar-refractivity contribution in [2.24, 2.45) is 5.92 Å². The average Bonchev–Trinajstić information content (AvgIpc) is 3.35. The van der Waals surface area contributed by atoms with Gasteiger partial charge in [0.15, 0.2) is 0 Å². The van der Waals surface area contributed by atoms with Crippen LogP contribution in [0.25, 0.3) is 0 Å². The predicted molar refractivity (Wildman–Crippen MR) is 113 cm³/mol. The molecule has 0 spiro atoms. The van der Waals surface area contributed by atoms with E-state index < -0.39 is 6.10 Å². The van der Waals surface area contributed by atoms with Crippen molar-refractivity contribution >= 4 is 5.91 Å². The van der Waals surface area contributed by atoms with Crippen LogP contribution >= 0.6 is 0 Å². The Morgan fingerprint density at radius 2 is 1.90 bits per heavy atom. The summed E-state index contributed by atoms with van der Waals surface area (Å²) in [6.07, 6.45) is 5.70. The summed E-state index contributed by atoms with van der Waals surface area (Å²) in [4.78, 5) is 19.6. The molecule has 29 heavy (non-hydrogen) atoms. The highest BCUT2D eigenvalue weighted by Gasteiger charge is 2.29. The zero-order chi connectivity index (χ0) is 20.2. The first kappa shape index (κ1) is 20.0. The number of nitrogens with zero attached hydrogens (tertiary/aromatic N) is 2. The van der Waals surface area contributed by atoms with Gasteiger partial charge >= 0.3 is 0 Å². The van der Waals surface area contributed by atoms with Gasteiger partial charge in [0, 0.05) is 19.2 Å². The Balaban J connectivity index is 1.41. The van der Waals surface area contributed by atoms with Crippen LogP contribution in [0.1, 0.15) is 47.8 Å². The second-order valence-electron chi connectivity index (χ2n) is 8.63. The fourth-order valence-electron chi connectivity index (χ4n) is 4.72. The number of nitrogens with one attached hydrogen (secondary N) is 1. The van der Waals surface area contributed by atoms with E-state index in [1.165, 1.54) is 24.0 Å². The number of rotatable bonds is 7. The SMILES string of the molecule is Cc1ccnc([C@@H](O)[C@@H](CN2CCCC2)NC(=O)CC2Cc3ccccc3C2)c1. The number of aromatic nitrogens is 1. The maximum Gasteiger partial charge on any atom is 0.220 e. The molecule has 1 saturated heterocycles. The number of hydrogen-bond acceptors (Lipinski definition) is 4. The highest BCUT2D eigenvalue weighted by molar-refractivity contribution is 5.76. The van der Waals surface area contributed by atoms with E-state index in [9.17, 15) is 9.90 Å². The molecule has 0 bridgehead atoms. The molecule has 0 saturated carbocycles. The molecule has 2 aliphatic rings. The van der Waals surface area contributed by atoms with Gasteiger partial charge in [-0.25, -0.2) is 0 Å². The van der Waals surface area contributed by atoms with E-state index in [1.807, 2.05) is 19.1 Å². The van der Waals surface area contributed by atoms with Gasteiger partial charge in [0.05, 0.1) is 11.7 Å². The third-order valence-corrected chi connectivity index (χ3v) is 6.23. The van der Waals surface area contributed by atoms with Crippen LogP contribution in [0, 0.1) is 12.8 Å². The van der Waals surface area contributed by atoms with Crippen LogP contribution in [-0.4, -0.2) is 46.6 Å². The molecule has 2 heterocycles. The Morgan fingerprint density at radius 1 is 1.21 bits per heavy atom. The first-order valence-corrected chi connectivity index (χ1v) is 10.8. The topological polar surface area (TPSA) is 65.5 Å². The lowest BCUT2D eigenvalue weighted by molar-refractivity contribution is -0.123. The number of aryl methyl sites for hydroxylation is 1. The molecule has 5 nitrogen and oxygen atoms in total. The molecule has 0 unspecified atom stereocenters. The van der Waals surface area contributed by atoms with Gasteiger partial charge in [-0.15, -0.1) is 0 Å². The monoisotopic (exact) mass is 393 g/mol. The van der Waals surface area contributed by atoms with Crippen molar-refractivity contribution in [1.29, 1.82) is 0 Å². The molecule has 2 N–H and O–H groups in total. The van der Waals surface area contributed by atoms with E-state index in [2.05, 4.69) is 39.5 Å². The van der Waals surface area contributed by atoms with Crippen molar-refractivity contribution in [2.75, 3.05) is 19.6 Å². The fourth-order valence-corrected chi connectivity index (χ4v) is 4.72. The molecule has 0 radical (unpaired) electrons. The molecule has 5 heteroatoms. The number of amides is 1. The van der Waals surface area contributed by atoms with Gasteiger partial charge in [0.25, 0.3) is 0 Å². The van der Waals surface area contributed by atoms with Crippen LogP contribution < -0.4 is 5.32 Å². The van der Waals surface area contributed by atoms with Gasteiger partial charge in [-0.2, -0.15) is 0 Å². The summed E-state index contributed by atoms with van der Waals surface area (Å²) in [5, 5.41) is 14.2. The number of carbonyl (C=O) groups excluding carboxylic acids is 1. The molecular weight excluding hydrogens is 362 g/mol. The van der Waals surface area contributed by atoms with Crippen molar-refractivity contribution in [1.82, 2.24) is 15.2 Å². The summed E-state index contributed by atoms with van der Waals surface area (Å²) < 4.78 is 0. The third-order valence-electron chi connectivity index (χ3n) is 6.23. The van der Waals surface area contributed by atoms with Crippen LogP contribution in [0.5, 0.6) is 0 Å². The number of pyridine rings is 1. The van der Waals surface area contributed by atoms with E-state index in [0.29, 0.717) is 24.6 Å².